The summed E-state index contributed by atoms with van der Waals surface area (Å²) >= 11 is 6.43. The smallest absolute Gasteiger partial charge is 0.260 e. The highest BCUT2D eigenvalue weighted by Gasteiger charge is 2.21. The Hall–Kier alpha value is -4.04. The lowest BCUT2D eigenvalue weighted by Gasteiger charge is -2.07. The van der Waals surface area contributed by atoms with E-state index in [2.05, 4.69) is 20.4 Å². The van der Waals surface area contributed by atoms with Crippen LogP contribution in [0.3, 0.4) is 0 Å². The number of nitrogens with one attached hydrogen (secondary N) is 1. The molecule has 3 aromatic heterocycles. The Morgan fingerprint density at radius 1 is 1.03 bits per heavy atom. The number of carbonyl (C=O) groups is 1. The molecule has 9 heteroatoms. The third-order valence-electron chi connectivity index (χ3n) is 5.01. The van der Waals surface area contributed by atoms with E-state index in [-0.39, 0.29) is 16.5 Å². The fourth-order valence-corrected chi connectivity index (χ4v) is 3.81. The van der Waals surface area contributed by atoms with Gasteiger partial charge in [0.1, 0.15) is 28.7 Å². The Kier molecular flexibility index (Phi) is 4.91. The van der Waals surface area contributed by atoms with E-state index in [9.17, 15) is 9.18 Å². The summed E-state index contributed by atoms with van der Waals surface area (Å²) in [5.41, 5.74) is 3.56. The number of benzene rings is 2. The molecule has 0 saturated heterocycles. The highest BCUT2D eigenvalue weighted by atomic mass is 35.5. The van der Waals surface area contributed by atoms with Gasteiger partial charge in [-0.2, -0.15) is 5.10 Å². The number of carbonyl (C=O) groups excluding carboxylic acids is 1. The van der Waals surface area contributed by atoms with Crippen molar-refractivity contribution in [2.24, 2.45) is 0 Å². The number of amides is 1. The topological polar surface area (TPSA) is 77.6 Å². The summed E-state index contributed by atoms with van der Waals surface area (Å²) in [5.74, 6) is -0.107. The van der Waals surface area contributed by atoms with Crippen LogP contribution in [0.5, 0.6) is 0 Å². The SMILES string of the molecule is Cc1nn(-c2ccc(F)cc2)c(Cl)c1C(=O)Nc1ccc(-n2cnc3ccccc32)nc1. The molecule has 7 nitrogen and oxygen atoms in total. The Morgan fingerprint density at radius 3 is 2.56 bits per heavy atom. The van der Waals surface area contributed by atoms with E-state index in [1.165, 1.54) is 28.9 Å². The van der Waals surface area contributed by atoms with Crippen LogP contribution in [0.4, 0.5) is 10.1 Å². The number of nitrogens with zero attached hydrogens (tertiary/aromatic N) is 5. The molecule has 5 rings (SSSR count). The Balaban J connectivity index is 1.39. The number of aryl methyl sites for hydroxylation is 1. The third kappa shape index (κ3) is 3.50. The summed E-state index contributed by atoms with van der Waals surface area (Å²) in [6.45, 7) is 1.69. The molecule has 2 aromatic carbocycles. The molecule has 0 aliphatic heterocycles. The number of halogens is 2. The van der Waals surface area contributed by atoms with Gasteiger partial charge in [0, 0.05) is 0 Å². The molecule has 0 atom stereocenters. The molecule has 0 spiro atoms. The van der Waals surface area contributed by atoms with Crippen LogP contribution in [-0.4, -0.2) is 30.2 Å². The molecule has 0 radical (unpaired) electrons. The molecule has 5 aromatic rings. The fourth-order valence-electron chi connectivity index (χ4n) is 3.45. The van der Waals surface area contributed by atoms with Crippen LogP contribution in [0.15, 0.2) is 73.2 Å². The first-order valence-corrected chi connectivity index (χ1v) is 10.1. The lowest BCUT2D eigenvalue weighted by atomic mass is 10.2. The maximum Gasteiger partial charge on any atom is 0.260 e. The van der Waals surface area contributed by atoms with Gasteiger partial charge < -0.3 is 5.32 Å². The summed E-state index contributed by atoms with van der Waals surface area (Å²) in [5, 5.41) is 7.26. The molecule has 0 aliphatic carbocycles. The van der Waals surface area contributed by atoms with Crippen molar-refractivity contribution in [3.05, 3.63) is 95.4 Å². The molecule has 158 valence electrons. The standard InChI is InChI=1S/C23H16ClFN6O/c1-14-21(22(24)31(29-14)17-9-6-15(25)7-10-17)23(32)28-16-8-11-20(26-12-16)30-13-27-18-4-2-3-5-19(18)30/h2-13H,1H3,(H,28,32). The minimum Gasteiger partial charge on any atom is -0.320 e. The van der Waals surface area contributed by atoms with Crippen molar-refractivity contribution >= 4 is 34.2 Å². The lowest BCUT2D eigenvalue weighted by Crippen LogP contribution is -2.13. The molecule has 0 saturated carbocycles. The predicted molar refractivity (Wildman–Crippen MR) is 120 cm³/mol. The van der Waals surface area contributed by atoms with E-state index < -0.39 is 5.91 Å². The normalized spacial score (nSPS) is 11.1. The summed E-state index contributed by atoms with van der Waals surface area (Å²) in [6.07, 6.45) is 3.27. The van der Waals surface area contributed by atoms with E-state index in [4.69, 9.17) is 11.6 Å². The number of aromatic nitrogens is 5. The van der Waals surface area contributed by atoms with Crippen LogP contribution < -0.4 is 5.32 Å². The molecule has 32 heavy (non-hydrogen) atoms. The molecule has 1 amide bonds. The molecular formula is C23H16ClFN6O. The average molecular weight is 447 g/mol. The lowest BCUT2D eigenvalue weighted by molar-refractivity contribution is 0.102. The fraction of sp³-hybridized carbons (Fsp3) is 0.0435. The van der Waals surface area contributed by atoms with E-state index >= 15 is 0 Å². The second-order valence-corrected chi connectivity index (χ2v) is 7.46. The van der Waals surface area contributed by atoms with Gasteiger partial charge in [0.05, 0.1) is 34.3 Å². The van der Waals surface area contributed by atoms with Crippen LogP contribution >= 0.6 is 11.6 Å². The Morgan fingerprint density at radius 2 is 1.81 bits per heavy atom. The van der Waals surface area contributed by atoms with Crippen molar-refractivity contribution < 1.29 is 9.18 Å². The van der Waals surface area contributed by atoms with Crippen LogP contribution in [0.2, 0.25) is 5.15 Å². The van der Waals surface area contributed by atoms with Gasteiger partial charge in [-0.15, -0.1) is 0 Å². The zero-order chi connectivity index (χ0) is 22.2. The van der Waals surface area contributed by atoms with E-state index in [0.717, 1.165) is 11.0 Å². The van der Waals surface area contributed by atoms with Crippen molar-refractivity contribution in [3.63, 3.8) is 0 Å². The zero-order valence-electron chi connectivity index (χ0n) is 16.8. The van der Waals surface area contributed by atoms with Crippen molar-refractivity contribution in [2.45, 2.75) is 6.92 Å². The largest absolute Gasteiger partial charge is 0.320 e. The highest BCUT2D eigenvalue weighted by Crippen LogP contribution is 2.25. The van der Waals surface area contributed by atoms with Crippen molar-refractivity contribution in [1.29, 1.82) is 0 Å². The summed E-state index contributed by atoms with van der Waals surface area (Å²) in [6, 6.07) is 17.0. The van der Waals surface area contributed by atoms with Crippen LogP contribution in [-0.2, 0) is 0 Å². The van der Waals surface area contributed by atoms with E-state index in [1.54, 1.807) is 31.6 Å². The van der Waals surface area contributed by atoms with Crippen LogP contribution in [0, 0.1) is 12.7 Å². The molecular weight excluding hydrogens is 431 g/mol. The summed E-state index contributed by atoms with van der Waals surface area (Å²) < 4.78 is 16.5. The molecule has 3 heterocycles. The first-order chi connectivity index (χ1) is 15.5. The first-order valence-electron chi connectivity index (χ1n) is 9.72. The summed E-state index contributed by atoms with van der Waals surface area (Å²) in [7, 11) is 0. The number of para-hydroxylation sites is 2. The maximum atomic E-state index is 13.2. The van der Waals surface area contributed by atoms with Gasteiger partial charge in [-0.3, -0.25) is 9.36 Å². The van der Waals surface area contributed by atoms with Crippen LogP contribution in [0.25, 0.3) is 22.5 Å². The third-order valence-corrected chi connectivity index (χ3v) is 5.36. The van der Waals surface area contributed by atoms with Gasteiger partial charge >= 0.3 is 0 Å². The van der Waals surface area contributed by atoms with Gasteiger partial charge in [-0.05, 0) is 55.5 Å². The minimum absolute atomic E-state index is 0.140. The molecule has 0 fully saturated rings. The monoisotopic (exact) mass is 446 g/mol. The quantitative estimate of drug-likeness (QED) is 0.423. The van der Waals surface area contributed by atoms with Crippen molar-refractivity contribution in [1.82, 2.24) is 24.3 Å². The number of anilines is 1. The van der Waals surface area contributed by atoms with Gasteiger partial charge in [-0.25, -0.2) is 19.0 Å². The second kappa shape index (κ2) is 7.90. The Labute approximate surface area is 187 Å². The van der Waals surface area contributed by atoms with Crippen molar-refractivity contribution in [3.8, 4) is 11.5 Å². The molecule has 0 aliphatic rings. The molecule has 0 bridgehead atoms. The van der Waals surface area contributed by atoms with E-state index in [0.29, 0.717) is 22.9 Å². The number of pyridine rings is 1. The average Bonchev–Trinajstić information content (AvgIpc) is 3.35. The number of fused-ring (bicyclic) bond motifs is 1. The second-order valence-electron chi connectivity index (χ2n) is 7.10. The number of imidazole rings is 1. The van der Waals surface area contributed by atoms with Crippen LogP contribution in [0.1, 0.15) is 16.1 Å². The van der Waals surface area contributed by atoms with Crippen molar-refractivity contribution in [2.75, 3.05) is 5.32 Å². The van der Waals surface area contributed by atoms with Gasteiger partial charge in [0.25, 0.3) is 5.91 Å². The Bertz CT molecular complexity index is 1440. The van der Waals surface area contributed by atoms with Gasteiger partial charge in [-0.1, -0.05) is 23.7 Å². The number of rotatable bonds is 4. The number of hydrogen-bond donors (Lipinski definition) is 1. The predicted octanol–water partition coefficient (Wildman–Crippen LogP) is 4.96. The summed E-state index contributed by atoms with van der Waals surface area (Å²) in [4.78, 5) is 21.7. The number of hydrogen-bond acceptors (Lipinski definition) is 4. The van der Waals surface area contributed by atoms with Gasteiger partial charge in [0.15, 0.2) is 0 Å². The van der Waals surface area contributed by atoms with E-state index in [1.807, 2.05) is 28.8 Å². The molecule has 1 N–H and O–H groups in total. The zero-order valence-corrected chi connectivity index (χ0v) is 17.6. The van der Waals surface area contributed by atoms with Gasteiger partial charge in [0.2, 0.25) is 0 Å². The minimum atomic E-state index is -0.413. The highest BCUT2D eigenvalue weighted by molar-refractivity contribution is 6.34. The first kappa shape index (κ1) is 19.9. The molecule has 0 unspecified atom stereocenters. The maximum absolute atomic E-state index is 13.2.